The third-order valence-electron chi connectivity index (χ3n) is 4.59. The topological polar surface area (TPSA) is 73.6 Å². The van der Waals surface area contributed by atoms with Crippen LogP contribution in [-0.4, -0.2) is 19.6 Å². The standard InChI is InChI=1S/C22H30N2O3/c1-4-5-13-27-19-12-11-17(14-20(19)26-3)15-24-22(25)16(2)21(23)18-9-7-6-8-10-18/h6-12,14,16,21H,4-5,13,15,23H2,1-3H3,(H,24,25). The van der Waals surface area contributed by atoms with E-state index in [0.717, 1.165) is 29.7 Å². The van der Waals surface area contributed by atoms with Crippen LogP contribution in [0.4, 0.5) is 0 Å². The van der Waals surface area contributed by atoms with E-state index in [-0.39, 0.29) is 17.9 Å². The van der Waals surface area contributed by atoms with Crippen LogP contribution in [0.25, 0.3) is 0 Å². The van der Waals surface area contributed by atoms with Crippen molar-refractivity contribution in [3.05, 3.63) is 59.7 Å². The van der Waals surface area contributed by atoms with Crippen molar-refractivity contribution in [3.8, 4) is 11.5 Å². The zero-order valence-electron chi connectivity index (χ0n) is 16.4. The summed E-state index contributed by atoms with van der Waals surface area (Å²) >= 11 is 0. The molecule has 1 amide bonds. The van der Waals surface area contributed by atoms with Gasteiger partial charge in [0.15, 0.2) is 11.5 Å². The lowest BCUT2D eigenvalue weighted by Crippen LogP contribution is -2.35. The number of nitrogens with two attached hydrogens (primary N) is 1. The number of methoxy groups -OCH3 is 1. The maximum atomic E-state index is 12.5. The number of nitrogens with one attached hydrogen (secondary N) is 1. The fourth-order valence-electron chi connectivity index (χ4n) is 2.74. The highest BCUT2D eigenvalue weighted by atomic mass is 16.5. The molecule has 0 saturated carbocycles. The Morgan fingerprint density at radius 2 is 1.89 bits per heavy atom. The zero-order valence-corrected chi connectivity index (χ0v) is 16.4. The van der Waals surface area contributed by atoms with Gasteiger partial charge in [0.2, 0.25) is 5.91 Å². The predicted octanol–water partition coefficient (Wildman–Crippen LogP) is 3.83. The number of ether oxygens (including phenoxy) is 2. The summed E-state index contributed by atoms with van der Waals surface area (Å²) < 4.78 is 11.1. The molecule has 3 N–H and O–H groups in total. The third kappa shape index (κ3) is 6.00. The van der Waals surface area contributed by atoms with E-state index in [1.807, 2.05) is 55.5 Å². The molecule has 2 atom stereocenters. The molecule has 5 heteroatoms. The quantitative estimate of drug-likeness (QED) is 0.624. The second-order valence-corrected chi connectivity index (χ2v) is 6.63. The Kier molecular flexibility index (Phi) is 8.14. The molecule has 2 unspecified atom stereocenters. The predicted molar refractivity (Wildman–Crippen MR) is 108 cm³/mol. The molecule has 2 rings (SSSR count). The van der Waals surface area contributed by atoms with E-state index in [1.165, 1.54) is 0 Å². The van der Waals surface area contributed by atoms with Crippen molar-refractivity contribution in [1.29, 1.82) is 0 Å². The largest absolute Gasteiger partial charge is 0.493 e. The number of carbonyl (C=O) groups is 1. The summed E-state index contributed by atoms with van der Waals surface area (Å²) in [5.74, 6) is 0.993. The van der Waals surface area contributed by atoms with Crippen molar-refractivity contribution >= 4 is 5.91 Å². The van der Waals surface area contributed by atoms with Crippen LogP contribution in [0, 0.1) is 5.92 Å². The maximum absolute atomic E-state index is 12.5. The minimum absolute atomic E-state index is 0.0754. The van der Waals surface area contributed by atoms with Crippen LogP contribution >= 0.6 is 0 Å². The maximum Gasteiger partial charge on any atom is 0.225 e. The van der Waals surface area contributed by atoms with Gasteiger partial charge in [-0.3, -0.25) is 4.79 Å². The van der Waals surface area contributed by atoms with Crippen molar-refractivity contribution in [2.45, 2.75) is 39.3 Å². The summed E-state index contributed by atoms with van der Waals surface area (Å²) in [5.41, 5.74) is 8.14. The molecule has 0 radical (unpaired) electrons. The van der Waals surface area contributed by atoms with E-state index in [0.29, 0.717) is 18.9 Å². The Labute approximate surface area is 161 Å². The second kappa shape index (κ2) is 10.6. The van der Waals surface area contributed by atoms with Gasteiger partial charge < -0.3 is 20.5 Å². The molecular formula is C22H30N2O3. The van der Waals surface area contributed by atoms with Gasteiger partial charge in [-0.15, -0.1) is 0 Å². The summed E-state index contributed by atoms with van der Waals surface area (Å²) in [6.07, 6.45) is 2.08. The van der Waals surface area contributed by atoms with Gasteiger partial charge in [0.25, 0.3) is 0 Å². The molecule has 2 aromatic rings. The minimum atomic E-state index is -0.338. The monoisotopic (exact) mass is 370 g/mol. The smallest absolute Gasteiger partial charge is 0.225 e. The summed E-state index contributed by atoms with van der Waals surface area (Å²) in [5, 5.41) is 2.96. The molecule has 146 valence electrons. The number of amides is 1. The van der Waals surface area contributed by atoms with E-state index < -0.39 is 0 Å². The normalized spacial score (nSPS) is 12.9. The van der Waals surface area contributed by atoms with Crippen molar-refractivity contribution in [2.24, 2.45) is 11.7 Å². The van der Waals surface area contributed by atoms with Gasteiger partial charge in [-0.2, -0.15) is 0 Å². The SMILES string of the molecule is CCCCOc1ccc(CNC(=O)C(C)C(N)c2ccccc2)cc1OC. The van der Waals surface area contributed by atoms with Crippen LogP contribution < -0.4 is 20.5 Å². The van der Waals surface area contributed by atoms with Crippen LogP contribution in [0.1, 0.15) is 43.9 Å². The fourth-order valence-corrected chi connectivity index (χ4v) is 2.74. The van der Waals surface area contributed by atoms with Crippen LogP contribution in [0.15, 0.2) is 48.5 Å². The van der Waals surface area contributed by atoms with Crippen LogP contribution in [0.2, 0.25) is 0 Å². The lowest BCUT2D eigenvalue weighted by molar-refractivity contribution is -0.125. The summed E-state index contributed by atoms with van der Waals surface area (Å²) in [4.78, 5) is 12.5. The van der Waals surface area contributed by atoms with E-state index in [2.05, 4.69) is 12.2 Å². The van der Waals surface area contributed by atoms with Gasteiger partial charge in [0.1, 0.15) is 0 Å². The first kappa shape index (κ1) is 20.8. The number of carbonyl (C=O) groups excluding carboxylic acids is 1. The zero-order chi connectivity index (χ0) is 19.6. The number of unbranched alkanes of at least 4 members (excludes halogenated alkanes) is 1. The molecule has 0 aromatic heterocycles. The molecule has 2 aromatic carbocycles. The summed E-state index contributed by atoms with van der Waals surface area (Å²) in [6, 6.07) is 15.0. The molecule has 0 bridgehead atoms. The highest BCUT2D eigenvalue weighted by Crippen LogP contribution is 2.28. The Balaban J connectivity index is 1.94. The Hall–Kier alpha value is -2.53. The minimum Gasteiger partial charge on any atom is -0.493 e. The lowest BCUT2D eigenvalue weighted by Gasteiger charge is -2.20. The average Bonchev–Trinajstić information content (AvgIpc) is 2.72. The molecule has 0 saturated heterocycles. The Morgan fingerprint density at radius 1 is 1.15 bits per heavy atom. The van der Waals surface area contributed by atoms with E-state index in [1.54, 1.807) is 7.11 Å². The summed E-state index contributed by atoms with van der Waals surface area (Å²) in [6.45, 7) is 5.05. The molecule has 0 aliphatic rings. The molecule has 0 fully saturated rings. The molecule has 27 heavy (non-hydrogen) atoms. The van der Waals surface area contributed by atoms with E-state index in [9.17, 15) is 4.79 Å². The first-order valence-electron chi connectivity index (χ1n) is 9.44. The number of hydrogen-bond acceptors (Lipinski definition) is 4. The molecule has 0 aliphatic carbocycles. The van der Waals surface area contributed by atoms with Gasteiger partial charge in [-0.1, -0.05) is 56.7 Å². The molecule has 0 heterocycles. The van der Waals surface area contributed by atoms with Gasteiger partial charge >= 0.3 is 0 Å². The van der Waals surface area contributed by atoms with E-state index in [4.69, 9.17) is 15.2 Å². The molecule has 0 spiro atoms. The second-order valence-electron chi connectivity index (χ2n) is 6.63. The van der Waals surface area contributed by atoms with Gasteiger partial charge in [-0.05, 0) is 29.7 Å². The Bertz CT molecular complexity index is 719. The van der Waals surface area contributed by atoms with E-state index >= 15 is 0 Å². The van der Waals surface area contributed by atoms with Crippen molar-refractivity contribution in [3.63, 3.8) is 0 Å². The van der Waals surface area contributed by atoms with Crippen LogP contribution in [0.5, 0.6) is 11.5 Å². The highest BCUT2D eigenvalue weighted by molar-refractivity contribution is 5.79. The van der Waals surface area contributed by atoms with Gasteiger partial charge in [0, 0.05) is 12.6 Å². The third-order valence-corrected chi connectivity index (χ3v) is 4.59. The van der Waals surface area contributed by atoms with Crippen molar-refractivity contribution in [1.82, 2.24) is 5.32 Å². The van der Waals surface area contributed by atoms with Crippen molar-refractivity contribution < 1.29 is 14.3 Å². The van der Waals surface area contributed by atoms with Crippen LogP contribution in [-0.2, 0) is 11.3 Å². The van der Waals surface area contributed by atoms with Gasteiger partial charge in [-0.25, -0.2) is 0 Å². The number of rotatable bonds is 10. The molecular weight excluding hydrogens is 340 g/mol. The number of benzene rings is 2. The Morgan fingerprint density at radius 3 is 2.56 bits per heavy atom. The first-order chi connectivity index (χ1) is 13.1. The highest BCUT2D eigenvalue weighted by Gasteiger charge is 2.21. The fraction of sp³-hybridized carbons (Fsp3) is 0.409. The number of hydrogen-bond donors (Lipinski definition) is 2. The van der Waals surface area contributed by atoms with Crippen molar-refractivity contribution in [2.75, 3.05) is 13.7 Å². The lowest BCUT2D eigenvalue weighted by atomic mass is 9.94. The molecule has 0 aliphatic heterocycles. The molecule has 5 nitrogen and oxygen atoms in total. The van der Waals surface area contributed by atoms with Gasteiger partial charge in [0.05, 0.1) is 19.6 Å². The average molecular weight is 370 g/mol. The first-order valence-corrected chi connectivity index (χ1v) is 9.44. The van der Waals surface area contributed by atoms with Crippen LogP contribution in [0.3, 0.4) is 0 Å². The summed E-state index contributed by atoms with van der Waals surface area (Å²) in [7, 11) is 1.62.